The van der Waals surface area contributed by atoms with E-state index in [1.54, 1.807) is 0 Å². The molecule has 1 atom stereocenters. The molecule has 0 bridgehead atoms. The van der Waals surface area contributed by atoms with Gasteiger partial charge in [-0.1, -0.05) is 47.8 Å². The molecule has 0 aliphatic carbocycles. The van der Waals surface area contributed by atoms with E-state index in [4.69, 9.17) is 0 Å². The molecule has 0 spiro atoms. The number of likely N-dealkylation sites (tertiary alicyclic amines) is 1. The molecule has 2 rings (SSSR count). The highest BCUT2D eigenvalue weighted by Crippen LogP contribution is 2.20. The fourth-order valence-corrected chi connectivity index (χ4v) is 3.24. The quantitative estimate of drug-likeness (QED) is 0.770. The van der Waals surface area contributed by atoms with Crippen LogP contribution in [0.1, 0.15) is 49.4 Å². The van der Waals surface area contributed by atoms with Crippen LogP contribution in [0.3, 0.4) is 0 Å². The molecule has 1 fully saturated rings. The summed E-state index contributed by atoms with van der Waals surface area (Å²) in [6, 6.07) is 8.29. The van der Waals surface area contributed by atoms with Gasteiger partial charge in [0.15, 0.2) is 5.78 Å². The maximum Gasteiger partial charge on any atom is 0.176 e. The van der Waals surface area contributed by atoms with Crippen molar-refractivity contribution in [1.82, 2.24) is 4.90 Å². The molecule has 104 valence electrons. The van der Waals surface area contributed by atoms with E-state index in [9.17, 15) is 4.79 Å². The van der Waals surface area contributed by atoms with Gasteiger partial charge in [-0.2, -0.15) is 0 Å². The highest BCUT2D eigenvalue weighted by molar-refractivity contribution is 9.10. The molecule has 1 unspecified atom stereocenters. The minimum absolute atomic E-state index is 0.238. The second-order valence-corrected chi connectivity index (χ2v) is 6.23. The monoisotopic (exact) mass is 323 g/mol. The molecule has 0 aromatic heterocycles. The summed E-state index contributed by atoms with van der Waals surface area (Å²) in [6.07, 6.45) is 6.22. The number of nitrogens with zero attached hydrogens (tertiary/aromatic N) is 1. The SMILES string of the molecule is CCC1CCCCCN1CC(=O)c1cccc(Br)c1. The lowest BCUT2D eigenvalue weighted by Crippen LogP contribution is -2.38. The zero-order chi connectivity index (χ0) is 13.7. The molecule has 1 aliphatic heterocycles. The highest BCUT2D eigenvalue weighted by atomic mass is 79.9. The van der Waals surface area contributed by atoms with Crippen LogP contribution in [0.4, 0.5) is 0 Å². The molecule has 19 heavy (non-hydrogen) atoms. The molecular formula is C16H22BrNO. The summed E-state index contributed by atoms with van der Waals surface area (Å²) in [5.41, 5.74) is 0.813. The zero-order valence-electron chi connectivity index (χ0n) is 11.6. The number of rotatable bonds is 4. The van der Waals surface area contributed by atoms with Gasteiger partial charge in [0.05, 0.1) is 6.54 Å². The molecular weight excluding hydrogens is 302 g/mol. The Morgan fingerprint density at radius 1 is 1.37 bits per heavy atom. The third-order valence-electron chi connectivity index (χ3n) is 3.96. The summed E-state index contributed by atoms with van der Waals surface area (Å²) in [5, 5.41) is 0. The molecule has 1 aromatic rings. The Balaban J connectivity index is 2.04. The Kier molecular flexibility index (Phi) is 5.59. The summed E-state index contributed by atoms with van der Waals surface area (Å²) >= 11 is 3.43. The number of benzene rings is 1. The number of hydrogen-bond donors (Lipinski definition) is 0. The van der Waals surface area contributed by atoms with Gasteiger partial charge in [0.25, 0.3) is 0 Å². The first-order valence-electron chi connectivity index (χ1n) is 7.23. The van der Waals surface area contributed by atoms with Crippen LogP contribution in [-0.4, -0.2) is 29.8 Å². The highest BCUT2D eigenvalue weighted by Gasteiger charge is 2.22. The summed E-state index contributed by atoms with van der Waals surface area (Å²) in [7, 11) is 0. The Morgan fingerprint density at radius 3 is 2.95 bits per heavy atom. The Labute approximate surface area is 124 Å². The number of ketones is 1. The topological polar surface area (TPSA) is 20.3 Å². The maximum absolute atomic E-state index is 12.4. The van der Waals surface area contributed by atoms with E-state index < -0.39 is 0 Å². The first-order chi connectivity index (χ1) is 9.20. The molecule has 1 aliphatic rings. The van der Waals surface area contributed by atoms with Crippen LogP contribution in [0.15, 0.2) is 28.7 Å². The van der Waals surface area contributed by atoms with E-state index in [-0.39, 0.29) is 5.78 Å². The van der Waals surface area contributed by atoms with Crippen molar-refractivity contribution in [2.24, 2.45) is 0 Å². The number of Topliss-reactive ketones (excluding diaryl/α,β-unsaturated/α-hetero) is 1. The van der Waals surface area contributed by atoms with Crippen molar-refractivity contribution < 1.29 is 4.79 Å². The van der Waals surface area contributed by atoms with Gasteiger partial charge in [-0.3, -0.25) is 9.69 Å². The standard InChI is InChI=1S/C16H22BrNO/c1-2-15-9-4-3-5-10-18(15)12-16(19)13-7-6-8-14(17)11-13/h6-8,11,15H,2-5,9-10,12H2,1H3. The number of carbonyl (C=O) groups is 1. The van der Waals surface area contributed by atoms with Crippen molar-refractivity contribution in [3.05, 3.63) is 34.3 Å². The zero-order valence-corrected chi connectivity index (χ0v) is 13.2. The van der Waals surface area contributed by atoms with Gasteiger partial charge in [-0.05, 0) is 37.9 Å². The van der Waals surface area contributed by atoms with Crippen molar-refractivity contribution in [2.45, 2.75) is 45.1 Å². The molecule has 0 N–H and O–H groups in total. The van der Waals surface area contributed by atoms with Crippen LogP contribution in [0.25, 0.3) is 0 Å². The van der Waals surface area contributed by atoms with Crippen molar-refractivity contribution in [3.63, 3.8) is 0 Å². The molecule has 1 saturated heterocycles. The third kappa shape index (κ3) is 4.15. The predicted molar refractivity (Wildman–Crippen MR) is 82.6 cm³/mol. The van der Waals surface area contributed by atoms with E-state index >= 15 is 0 Å². The normalized spacial score (nSPS) is 21.1. The van der Waals surface area contributed by atoms with Crippen molar-refractivity contribution in [1.29, 1.82) is 0 Å². The van der Waals surface area contributed by atoms with Gasteiger partial charge in [0, 0.05) is 16.1 Å². The lowest BCUT2D eigenvalue weighted by molar-refractivity contribution is 0.0890. The van der Waals surface area contributed by atoms with Gasteiger partial charge < -0.3 is 0 Å². The third-order valence-corrected chi connectivity index (χ3v) is 4.46. The molecule has 1 aromatic carbocycles. The van der Waals surface area contributed by atoms with Crippen LogP contribution in [-0.2, 0) is 0 Å². The molecule has 1 heterocycles. The second kappa shape index (κ2) is 7.20. The van der Waals surface area contributed by atoms with Gasteiger partial charge in [0.2, 0.25) is 0 Å². The molecule has 2 nitrogen and oxygen atoms in total. The van der Waals surface area contributed by atoms with Crippen LogP contribution in [0.5, 0.6) is 0 Å². The van der Waals surface area contributed by atoms with Crippen molar-refractivity contribution in [2.75, 3.05) is 13.1 Å². The molecule has 3 heteroatoms. The first-order valence-corrected chi connectivity index (χ1v) is 8.03. The Hall–Kier alpha value is -0.670. The number of halogens is 1. The Bertz CT molecular complexity index is 433. The maximum atomic E-state index is 12.4. The van der Waals surface area contributed by atoms with E-state index in [1.807, 2.05) is 24.3 Å². The van der Waals surface area contributed by atoms with Gasteiger partial charge in [0.1, 0.15) is 0 Å². The summed E-state index contributed by atoms with van der Waals surface area (Å²) in [6.45, 7) is 3.86. The van der Waals surface area contributed by atoms with Crippen LogP contribution in [0.2, 0.25) is 0 Å². The van der Waals surface area contributed by atoms with Gasteiger partial charge >= 0.3 is 0 Å². The number of hydrogen-bond acceptors (Lipinski definition) is 2. The van der Waals surface area contributed by atoms with Gasteiger partial charge in [-0.15, -0.1) is 0 Å². The first kappa shape index (κ1) is 14.7. The summed E-state index contributed by atoms with van der Waals surface area (Å²) in [5.74, 6) is 0.238. The fourth-order valence-electron chi connectivity index (χ4n) is 2.84. The van der Waals surface area contributed by atoms with E-state index in [1.165, 1.54) is 25.7 Å². The minimum Gasteiger partial charge on any atom is -0.293 e. The summed E-state index contributed by atoms with van der Waals surface area (Å²) < 4.78 is 0.973. The average Bonchev–Trinajstić information content (AvgIpc) is 2.63. The van der Waals surface area contributed by atoms with Crippen LogP contribution < -0.4 is 0 Å². The van der Waals surface area contributed by atoms with E-state index in [2.05, 4.69) is 27.8 Å². The predicted octanol–water partition coefficient (Wildman–Crippen LogP) is 4.29. The van der Waals surface area contributed by atoms with Crippen LogP contribution >= 0.6 is 15.9 Å². The van der Waals surface area contributed by atoms with Crippen molar-refractivity contribution >= 4 is 21.7 Å². The summed E-state index contributed by atoms with van der Waals surface area (Å²) in [4.78, 5) is 14.8. The lowest BCUT2D eigenvalue weighted by Gasteiger charge is -2.28. The van der Waals surface area contributed by atoms with E-state index in [0.29, 0.717) is 12.6 Å². The largest absolute Gasteiger partial charge is 0.293 e. The fraction of sp³-hybridized carbons (Fsp3) is 0.562. The lowest BCUT2D eigenvalue weighted by atomic mass is 10.1. The van der Waals surface area contributed by atoms with E-state index in [0.717, 1.165) is 23.0 Å². The number of carbonyl (C=O) groups excluding carboxylic acids is 1. The van der Waals surface area contributed by atoms with Crippen LogP contribution in [0, 0.1) is 0 Å². The minimum atomic E-state index is 0.238. The average molecular weight is 324 g/mol. The molecule has 0 amide bonds. The molecule has 0 saturated carbocycles. The van der Waals surface area contributed by atoms with Gasteiger partial charge in [-0.25, -0.2) is 0 Å². The Morgan fingerprint density at radius 2 is 2.21 bits per heavy atom. The van der Waals surface area contributed by atoms with Crippen molar-refractivity contribution in [3.8, 4) is 0 Å². The smallest absolute Gasteiger partial charge is 0.176 e. The second-order valence-electron chi connectivity index (χ2n) is 5.32. The molecule has 0 radical (unpaired) electrons.